The zero-order valence-electron chi connectivity index (χ0n) is 13.6. The van der Waals surface area contributed by atoms with Crippen LogP contribution in [-0.2, 0) is 16.0 Å². The van der Waals surface area contributed by atoms with E-state index in [2.05, 4.69) is 42.2 Å². The molecule has 1 aromatic carbocycles. The van der Waals surface area contributed by atoms with Gasteiger partial charge in [0, 0.05) is 31.1 Å². The summed E-state index contributed by atoms with van der Waals surface area (Å²) in [5.41, 5.74) is 2.22. The van der Waals surface area contributed by atoms with Crippen molar-refractivity contribution in [3.8, 4) is 0 Å². The van der Waals surface area contributed by atoms with Crippen molar-refractivity contribution in [2.24, 2.45) is 0 Å². The monoisotopic (exact) mass is 312 g/mol. The second-order valence-corrected chi connectivity index (χ2v) is 6.44. The zero-order valence-corrected chi connectivity index (χ0v) is 13.6. The van der Waals surface area contributed by atoms with Gasteiger partial charge in [-0.2, -0.15) is 0 Å². The fraction of sp³-hybridized carbons (Fsp3) is 0.526. The average Bonchev–Trinajstić information content (AvgIpc) is 2.99. The number of rotatable bonds is 4. The van der Waals surface area contributed by atoms with Crippen LogP contribution >= 0.6 is 0 Å². The molecule has 0 N–H and O–H groups in total. The second-order valence-electron chi connectivity index (χ2n) is 6.44. The molecular weight excluding hydrogens is 288 g/mol. The summed E-state index contributed by atoms with van der Waals surface area (Å²) in [5.74, 6) is 0. The largest absolute Gasteiger partial charge is 0.376 e. The van der Waals surface area contributed by atoms with Crippen molar-refractivity contribution >= 4 is 10.9 Å². The molecule has 2 fully saturated rings. The Labute approximate surface area is 137 Å². The Balaban J connectivity index is 1.51. The van der Waals surface area contributed by atoms with Gasteiger partial charge in [-0.05, 0) is 31.9 Å². The highest BCUT2D eigenvalue weighted by Crippen LogP contribution is 2.32. The predicted octanol–water partition coefficient (Wildman–Crippen LogP) is 3.00. The van der Waals surface area contributed by atoms with Crippen LogP contribution in [0.4, 0.5) is 0 Å². The van der Waals surface area contributed by atoms with Gasteiger partial charge in [0.15, 0.2) is 0 Å². The van der Waals surface area contributed by atoms with Crippen LogP contribution in [0.1, 0.15) is 25.5 Å². The molecule has 2 heterocycles. The van der Waals surface area contributed by atoms with E-state index in [1.54, 1.807) is 0 Å². The number of hydrogen-bond acceptors (Lipinski definition) is 4. The molecule has 2 aliphatic rings. The number of aromatic nitrogens is 1. The fourth-order valence-electron chi connectivity index (χ4n) is 3.98. The van der Waals surface area contributed by atoms with E-state index in [0.717, 1.165) is 50.4 Å². The number of ether oxygens (including phenoxy) is 2. The molecule has 122 valence electrons. The maximum absolute atomic E-state index is 6.02. The Morgan fingerprint density at radius 2 is 2.13 bits per heavy atom. The molecule has 4 nitrogen and oxygen atoms in total. The molecule has 0 spiro atoms. The summed E-state index contributed by atoms with van der Waals surface area (Å²) >= 11 is 0. The zero-order chi connectivity index (χ0) is 15.6. The third kappa shape index (κ3) is 2.99. The fourth-order valence-corrected chi connectivity index (χ4v) is 3.98. The number of morpholine rings is 1. The van der Waals surface area contributed by atoms with Gasteiger partial charge in [-0.3, -0.25) is 9.88 Å². The van der Waals surface area contributed by atoms with Gasteiger partial charge in [0.25, 0.3) is 0 Å². The molecule has 1 saturated heterocycles. The van der Waals surface area contributed by atoms with Crippen molar-refractivity contribution in [3.05, 3.63) is 42.1 Å². The van der Waals surface area contributed by atoms with Crippen molar-refractivity contribution in [1.29, 1.82) is 0 Å². The first-order valence-corrected chi connectivity index (χ1v) is 8.67. The topological polar surface area (TPSA) is 34.6 Å². The molecule has 0 amide bonds. The Kier molecular flexibility index (Phi) is 4.29. The second kappa shape index (κ2) is 6.56. The van der Waals surface area contributed by atoms with Crippen LogP contribution in [0, 0.1) is 0 Å². The first-order valence-electron chi connectivity index (χ1n) is 8.67. The normalized spacial score (nSPS) is 28.1. The van der Waals surface area contributed by atoms with E-state index in [-0.39, 0.29) is 12.2 Å². The van der Waals surface area contributed by atoms with Gasteiger partial charge in [-0.1, -0.05) is 24.3 Å². The molecule has 0 bridgehead atoms. The first-order chi connectivity index (χ1) is 11.3. The lowest BCUT2D eigenvalue weighted by Crippen LogP contribution is -2.51. The van der Waals surface area contributed by atoms with E-state index in [4.69, 9.17) is 14.5 Å². The molecule has 1 saturated carbocycles. The quantitative estimate of drug-likeness (QED) is 0.869. The minimum absolute atomic E-state index is 0.226. The molecule has 1 aliphatic heterocycles. The lowest BCUT2D eigenvalue weighted by atomic mass is 10.1. The standard InChI is InChI=1S/C19H24N2O2/c1-2-22-18-10-9-17-19(18)23-12-11-21(17)13-15-8-7-14-5-3-4-6-16(14)20-15/h3-8,17-19H,2,9-13H2,1H3/t17-,18-,19+/m1/s1. The van der Waals surface area contributed by atoms with E-state index in [1.807, 2.05) is 6.07 Å². The molecule has 2 aromatic rings. The number of pyridine rings is 1. The number of hydrogen-bond donors (Lipinski definition) is 0. The minimum Gasteiger partial charge on any atom is -0.376 e. The van der Waals surface area contributed by atoms with Crippen LogP contribution in [0.5, 0.6) is 0 Å². The smallest absolute Gasteiger partial charge is 0.0992 e. The van der Waals surface area contributed by atoms with Gasteiger partial charge in [-0.15, -0.1) is 0 Å². The average molecular weight is 312 g/mol. The molecule has 0 radical (unpaired) electrons. The van der Waals surface area contributed by atoms with Crippen LogP contribution in [-0.4, -0.2) is 47.9 Å². The molecule has 1 aromatic heterocycles. The SMILES string of the molecule is CCO[C@@H]1CC[C@@H]2[C@@H]1OCCN2Cc1ccc2ccccc2n1. The predicted molar refractivity (Wildman–Crippen MR) is 90.3 cm³/mol. The Morgan fingerprint density at radius 1 is 1.22 bits per heavy atom. The summed E-state index contributed by atoms with van der Waals surface area (Å²) in [4.78, 5) is 7.36. The number of benzene rings is 1. The van der Waals surface area contributed by atoms with Gasteiger partial charge >= 0.3 is 0 Å². The van der Waals surface area contributed by atoms with Crippen LogP contribution in [0.2, 0.25) is 0 Å². The molecule has 0 unspecified atom stereocenters. The number of fused-ring (bicyclic) bond motifs is 2. The highest BCUT2D eigenvalue weighted by molar-refractivity contribution is 5.78. The van der Waals surface area contributed by atoms with Gasteiger partial charge < -0.3 is 9.47 Å². The Morgan fingerprint density at radius 3 is 3.04 bits per heavy atom. The van der Waals surface area contributed by atoms with Crippen molar-refractivity contribution in [2.75, 3.05) is 19.8 Å². The van der Waals surface area contributed by atoms with Crippen molar-refractivity contribution in [1.82, 2.24) is 9.88 Å². The van der Waals surface area contributed by atoms with Crippen LogP contribution in [0.3, 0.4) is 0 Å². The van der Waals surface area contributed by atoms with E-state index in [1.165, 1.54) is 5.39 Å². The van der Waals surface area contributed by atoms with E-state index < -0.39 is 0 Å². The van der Waals surface area contributed by atoms with Crippen LogP contribution < -0.4 is 0 Å². The first kappa shape index (κ1) is 15.1. The van der Waals surface area contributed by atoms with Crippen molar-refractivity contribution in [2.45, 2.75) is 44.6 Å². The molecule has 4 heteroatoms. The number of para-hydroxylation sites is 1. The van der Waals surface area contributed by atoms with Gasteiger partial charge in [0.2, 0.25) is 0 Å². The van der Waals surface area contributed by atoms with E-state index in [0.29, 0.717) is 6.04 Å². The van der Waals surface area contributed by atoms with Crippen molar-refractivity contribution in [3.63, 3.8) is 0 Å². The lowest BCUT2D eigenvalue weighted by molar-refractivity contribution is -0.113. The third-order valence-electron chi connectivity index (χ3n) is 5.05. The van der Waals surface area contributed by atoms with Gasteiger partial charge in [-0.25, -0.2) is 0 Å². The summed E-state index contributed by atoms with van der Waals surface area (Å²) in [6.07, 6.45) is 2.75. The molecule has 1 aliphatic carbocycles. The van der Waals surface area contributed by atoms with E-state index >= 15 is 0 Å². The highest BCUT2D eigenvalue weighted by Gasteiger charge is 2.43. The summed E-state index contributed by atoms with van der Waals surface area (Å²) in [6, 6.07) is 13.1. The maximum Gasteiger partial charge on any atom is 0.0992 e. The summed E-state index contributed by atoms with van der Waals surface area (Å²) in [7, 11) is 0. The molecule has 3 atom stereocenters. The maximum atomic E-state index is 6.02. The van der Waals surface area contributed by atoms with Gasteiger partial charge in [0.05, 0.1) is 30.0 Å². The Bertz CT molecular complexity index is 675. The highest BCUT2D eigenvalue weighted by atomic mass is 16.5. The summed E-state index contributed by atoms with van der Waals surface area (Å²) < 4.78 is 11.9. The van der Waals surface area contributed by atoms with Crippen LogP contribution in [0.15, 0.2) is 36.4 Å². The molecule has 23 heavy (non-hydrogen) atoms. The van der Waals surface area contributed by atoms with E-state index in [9.17, 15) is 0 Å². The summed E-state index contributed by atoms with van der Waals surface area (Å²) in [6.45, 7) is 5.50. The third-order valence-corrected chi connectivity index (χ3v) is 5.05. The van der Waals surface area contributed by atoms with Crippen LogP contribution in [0.25, 0.3) is 10.9 Å². The van der Waals surface area contributed by atoms with Crippen molar-refractivity contribution < 1.29 is 9.47 Å². The minimum atomic E-state index is 0.226. The summed E-state index contributed by atoms with van der Waals surface area (Å²) in [5, 5.41) is 1.20. The van der Waals surface area contributed by atoms with Gasteiger partial charge in [0.1, 0.15) is 0 Å². The molecule has 4 rings (SSSR count). The number of nitrogens with zero attached hydrogens (tertiary/aromatic N) is 2. The molecular formula is C19H24N2O2. The Hall–Kier alpha value is -1.49. The lowest BCUT2D eigenvalue weighted by Gasteiger charge is -2.38.